The summed E-state index contributed by atoms with van der Waals surface area (Å²) in [6, 6.07) is 0. The van der Waals surface area contributed by atoms with Gasteiger partial charge in [0.25, 0.3) is 6.47 Å². The van der Waals surface area contributed by atoms with Crippen molar-refractivity contribution in [2.75, 3.05) is 0 Å². The number of hydrogen-bond acceptors (Lipinski definition) is 4. The van der Waals surface area contributed by atoms with E-state index in [1.165, 1.54) is 0 Å². The smallest absolute Gasteiger partial charge is 0.294 e. The Morgan fingerprint density at radius 1 is 1.91 bits per heavy atom. The number of carbonyl (C=O) groups is 1. The fourth-order valence-corrected chi connectivity index (χ4v) is 2.08. The van der Waals surface area contributed by atoms with Crippen LogP contribution in [0.15, 0.2) is 11.6 Å². The van der Waals surface area contributed by atoms with E-state index in [1.807, 2.05) is 5.38 Å². The van der Waals surface area contributed by atoms with E-state index in [4.69, 9.17) is 0 Å². The number of carbonyl (C=O) groups excluding carboxylic acids is 1. The third-order valence-corrected chi connectivity index (χ3v) is 2.56. The highest BCUT2D eigenvalue weighted by Crippen LogP contribution is 2.12. The van der Waals surface area contributed by atoms with E-state index in [0.29, 0.717) is 12.9 Å². The lowest BCUT2D eigenvalue weighted by Gasteiger charge is -2.03. The summed E-state index contributed by atoms with van der Waals surface area (Å²) in [7, 11) is 0. The molecule has 0 aromatic carbocycles. The molecule has 0 aliphatic rings. The maximum atomic E-state index is 9.90. The van der Waals surface area contributed by atoms with Gasteiger partial charge >= 0.3 is 0 Å². The molecule has 0 saturated heterocycles. The second kappa shape index (κ2) is 4.66. The zero-order valence-electron chi connectivity index (χ0n) is 5.57. The fraction of sp³-hybridized carbons (Fsp3) is 0.333. The van der Waals surface area contributed by atoms with Crippen LogP contribution in [0.2, 0.25) is 0 Å². The zero-order chi connectivity index (χ0) is 8.10. The Morgan fingerprint density at radius 2 is 2.73 bits per heavy atom. The zero-order valence-corrected chi connectivity index (χ0v) is 8.54. The van der Waals surface area contributed by atoms with Crippen LogP contribution in [-0.4, -0.2) is 15.6 Å². The molecule has 1 heterocycles. The average molecular weight is 283 g/mol. The highest BCUT2D eigenvalue weighted by molar-refractivity contribution is 14.1. The summed E-state index contributed by atoms with van der Waals surface area (Å²) in [5.41, 5.74) is 0. The molecule has 3 nitrogen and oxygen atoms in total. The molecule has 0 aliphatic carbocycles. The molecule has 0 N–H and O–H groups in total. The molecular formula is C6H6INO2S. The first-order chi connectivity index (χ1) is 5.33. The summed E-state index contributed by atoms with van der Waals surface area (Å²) >= 11 is 3.62. The van der Waals surface area contributed by atoms with Crippen LogP contribution in [0, 0.1) is 0 Å². The predicted molar refractivity (Wildman–Crippen MR) is 50.8 cm³/mol. The molecule has 0 aliphatic heterocycles. The van der Waals surface area contributed by atoms with Crippen molar-refractivity contribution in [2.45, 2.75) is 10.5 Å². The van der Waals surface area contributed by atoms with Gasteiger partial charge in [0.05, 0.1) is 5.01 Å². The highest BCUT2D eigenvalue weighted by Gasteiger charge is 2.06. The normalized spacial score (nSPS) is 12.5. The van der Waals surface area contributed by atoms with E-state index >= 15 is 0 Å². The maximum absolute atomic E-state index is 9.90. The molecule has 0 saturated carbocycles. The summed E-state index contributed by atoms with van der Waals surface area (Å²) in [4.78, 5) is 14.0. The van der Waals surface area contributed by atoms with Crippen molar-refractivity contribution in [3.05, 3.63) is 16.6 Å². The molecule has 1 atom stereocenters. The Bertz CT molecular complexity index is 214. The lowest BCUT2D eigenvalue weighted by Crippen LogP contribution is -2.05. The van der Waals surface area contributed by atoms with Crippen LogP contribution in [-0.2, 0) is 16.0 Å². The summed E-state index contributed by atoms with van der Waals surface area (Å²) in [6.07, 6.45) is 2.43. The number of thiazole rings is 1. The van der Waals surface area contributed by atoms with Crippen LogP contribution >= 0.6 is 33.9 Å². The molecule has 60 valence electrons. The van der Waals surface area contributed by atoms with Crippen molar-refractivity contribution in [3.8, 4) is 0 Å². The third kappa shape index (κ3) is 3.15. The predicted octanol–water partition coefficient (Wildman–Crippen LogP) is 1.62. The second-order valence-corrected chi connectivity index (χ2v) is 4.14. The van der Waals surface area contributed by atoms with Gasteiger partial charge in [0.1, 0.15) is 0 Å². The van der Waals surface area contributed by atoms with Gasteiger partial charge in [-0.25, -0.2) is 4.98 Å². The number of halogens is 1. The lowest BCUT2D eigenvalue weighted by molar-refractivity contribution is -0.129. The van der Waals surface area contributed by atoms with E-state index in [1.54, 1.807) is 17.5 Å². The molecule has 1 aromatic rings. The Kier molecular flexibility index (Phi) is 3.78. The van der Waals surface area contributed by atoms with Crippen LogP contribution in [0.1, 0.15) is 5.01 Å². The van der Waals surface area contributed by atoms with Gasteiger partial charge in [0, 0.05) is 18.0 Å². The number of aromatic nitrogens is 1. The first-order valence-electron chi connectivity index (χ1n) is 2.94. The van der Waals surface area contributed by atoms with Crippen molar-refractivity contribution in [1.29, 1.82) is 0 Å². The second-order valence-electron chi connectivity index (χ2n) is 1.77. The molecule has 11 heavy (non-hydrogen) atoms. The Morgan fingerprint density at radius 3 is 3.27 bits per heavy atom. The van der Waals surface area contributed by atoms with Gasteiger partial charge in [-0.2, -0.15) is 0 Å². The first-order valence-corrected chi connectivity index (χ1v) is 5.07. The average Bonchev–Trinajstić information content (AvgIpc) is 2.40. The first kappa shape index (κ1) is 8.92. The van der Waals surface area contributed by atoms with Crippen LogP contribution in [0.3, 0.4) is 0 Å². The van der Waals surface area contributed by atoms with Gasteiger partial charge in [-0.15, -0.1) is 11.3 Å². The molecule has 0 radical (unpaired) electrons. The molecule has 0 spiro atoms. The van der Waals surface area contributed by atoms with Crippen molar-refractivity contribution >= 4 is 40.4 Å². The molecule has 0 bridgehead atoms. The molecule has 5 heteroatoms. The van der Waals surface area contributed by atoms with Crippen LogP contribution in [0.5, 0.6) is 0 Å². The topological polar surface area (TPSA) is 39.2 Å². The molecule has 0 fully saturated rings. The minimum absolute atomic E-state index is 0.101. The molecular weight excluding hydrogens is 277 g/mol. The quantitative estimate of drug-likeness (QED) is 0.479. The number of rotatable bonds is 4. The number of hydrogen-bond donors (Lipinski definition) is 0. The summed E-state index contributed by atoms with van der Waals surface area (Å²) in [5, 5.41) is 2.89. The van der Waals surface area contributed by atoms with Crippen molar-refractivity contribution < 1.29 is 9.53 Å². The largest absolute Gasteiger partial charge is 0.453 e. The van der Waals surface area contributed by atoms with Crippen molar-refractivity contribution in [1.82, 2.24) is 4.98 Å². The molecule has 1 unspecified atom stereocenters. The van der Waals surface area contributed by atoms with Crippen LogP contribution < -0.4 is 0 Å². The minimum Gasteiger partial charge on any atom is -0.453 e. The Labute approximate surface area is 81.9 Å². The number of ether oxygens (including phenoxy) is 1. The molecule has 1 rings (SSSR count). The van der Waals surface area contributed by atoms with Gasteiger partial charge in [0.2, 0.25) is 0 Å². The van der Waals surface area contributed by atoms with Gasteiger partial charge in [0.15, 0.2) is 4.11 Å². The van der Waals surface area contributed by atoms with Crippen LogP contribution in [0.4, 0.5) is 0 Å². The van der Waals surface area contributed by atoms with Gasteiger partial charge < -0.3 is 4.74 Å². The summed E-state index contributed by atoms with van der Waals surface area (Å²) < 4.78 is 4.59. The maximum Gasteiger partial charge on any atom is 0.294 e. The van der Waals surface area contributed by atoms with E-state index < -0.39 is 0 Å². The Hall–Kier alpha value is -0.170. The van der Waals surface area contributed by atoms with E-state index in [0.717, 1.165) is 5.01 Å². The molecule has 0 amide bonds. The van der Waals surface area contributed by atoms with E-state index in [-0.39, 0.29) is 4.11 Å². The van der Waals surface area contributed by atoms with Gasteiger partial charge in [-0.05, 0) is 22.6 Å². The van der Waals surface area contributed by atoms with E-state index in [2.05, 4.69) is 32.3 Å². The lowest BCUT2D eigenvalue weighted by atomic mass is 10.5. The fourth-order valence-electron chi connectivity index (χ4n) is 0.599. The van der Waals surface area contributed by atoms with E-state index in [9.17, 15) is 4.79 Å². The monoisotopic (exact) mass is 283 g/mol. The standard InChI is InChI=1S/C6H6INO2S/c7-5(10-4-9)3-6-8-1-2-11-6/h1-2,4-5H,3H2. The van der Waals surface area contributed by atoms with Crippen LogP contribution in [0.25, 0.3) is 0 Å². The van der Waals surface area contributed by atoms with Gasteiger partial charge in [-0.3, -0.25) is 4.79 Å². The summed E-state index contributed by atoms with van der Waals surface area (Å²) in [5.74, 6) is 0. The third-order valence-electron chi connectivity index (χ3n) is 1.02. The number of nitrogens with zero attached hydrogens (tertiary/aromatic N) is 1. The Balaban J connectivity index is 2.37. The van der Waals surface area contributed by atoms with Crippen molar-refractivity contribution in [3.63, 3.8) is 0 Å². The molecule has 1 aromatic heterocycles. The van der Waals surface area contributed by atoms with Crippen molar-refractivity contribution in [2.24, 2.45) is 0 Å². The number of alkyl halides is 1. The summed E-state index contributed by atoms with van der Waals surface area (Å²) in [6.45, 7) is 0.463. The SMILES string of the molecule is O=COC(I)Cc1nccs1. The highest BCUT2D eigenvalue weighted by atomic mass is 127. The minimum atomic E-state index is -0.101. The van der Waals surface area contributed by atoms with Gasteiger partial charge in [-0.1, -0.05) is 0 Å².